The Bertz CT molecular complexity index is 782. The van der Waals surface area contributed by atoms with Gasteiger partial charge < -0.3 is 18.9 Å². The molecule has 9 heteroatoms. The minimum atomic E-state index is -4.26. The van der Waals surface area contributed by atoms with Gasteiger partial charge in [0.05, 0.1) is 34.4 Å². The number of likely N-dealkylation sites (N-methyl/N-ethyl adjacent to an activating group) is 1. The molecule has 1 N–H and O–H groups in total. The molecule has 0 aromatic heterocycles. The molecule has 0 saturated heterocycles. The molecule has 0 heterocycles. The highest BCUT2D eigenvalue weighted by molar-refractivity contribution is 7.47. The number of unbranched alkanes of at least 4 members (excludes halogenated alkanes) is 15. The van der Waals surface area contributed by atoms with Crippen LogP contribution in [-0.2, 0) is 27.9 Å². The Kier molecular flexibility index (Phi) is 29.6. The van der Waals surface area contributed by atoms with Gasteiger partial charge in [0.1, 0.15) is 19.3 Å². The number of quaternary nitrogens is 1. The molecule has 2 unspecified atom stereocenters. The lowest BCUT2D eigenvalue weighted by Gasteiger charge is -2.24. The highest BCUT2D eigenvalue weighted by Gasteiger charge is 2.26. The lowest BCUT2D eigenvalue weighted by atomic mass is 10.1. The maximum atomic E-state index is 12.6. The van der Waals surface area contributed by atoms with Crippen molar-refractivity contribution in [1.29, 1.82) is 0 Å². The summed E-state index contributed by atoms with van der Waals surface area (Å²) < 4.78 is 34.7. The minimum Gasteiger partial charge on any atom is -0.457 e. The molecule has 0 amide bonds. The van der Waals surface area contributed by atoms with E-state index in [1.807, 2.05) is 21.1 Å². The summed E-state index contributed by atoms with van der Waals surface area (Å²) in [5, 5.41) is 0. The maximum Gasteiger partial charge on any atom is 0.472 e. The summed E-state index contributed by atoms with van der Waals surface area (Å²) in [6.07, 6.45) is 30.6. The zero-order valence-electron chi connectivity index (χ0n) is 29.9. The van der Waals surface area contributed by atoms with Crippen molar-refractivity contribution in [2.75, 3.05) is 54.1 Å². The first kappa shape index (κ1) is 44.0. The fourth-order valence-corrected chi connectivity index (χ4v) is 5.31. The molecule has 0 spiro atoms. The van der Waals surface area contributed by atoms with Crippen molar-refractivity contribution in [3.8, 4) is 0 Å². The maximum absolute atomic E-state index is 12.6. The number of phosphoric acid groups is 1. The molecule has 8 nitrogen and oxygen atoms in total. The smallest absolute Gasteiger partial charge is 0.457 e. The number of rotatable bonds is 33. The van der Waals surface area contributed by atoms with Gasteiger partial charge >= 0.3 is 13.8 Å². The number of nitrogens with zero attached hydrogens (tertiary/aromatic N) is 1. The Morgan fingerprint density at radius 2 is 1.16 bits per heavy atom. The molecule has 45 heavy (non-hydrogen) atoms. The van der Waals surface area contributed by atoms with Crippen molar-refractivity contribution >= 4 is 13.8 Å². The second kappa shape index (κ2) is 30.3. The molecule has 0 aliphatic carbocycles. The topological polar surface area (TPSA) is 91.3 Å². The van der Waals surface area contributed by atoms with E-state index in [-0.39, 0.29) is 25.8 Å². The van der Waals surface area contributed by atoms with Crippen LogP contribution < -0.4 is 0 Å². The Labute approximate surface area is 277 Å². The Morgan fingerprint density at radius 3 is 1.69 bits per heavy atom. The van der Waals surface area contributed by atoms with Crippen molar-refractivity contribution in [1.82, 2.24) is 0 Å². The first-order chi connectivity index (χ1) is 21.6. The van der Waals surface area contributed by atoms with E-state index >= 15 is 0 Å². The largest absolute Gasteiger partial charge is 0.472 e. The van der Waals surface area contributed by atoms with Gasteiger partial charge in [-0.25, -0.2) is 4.57 Å². The number of allylic oxidation sites excluding steroid dienone is 4. The monoisotopic (exact) mass is 660 g/mol. The Hall–Kier alpha value is -1.02. The number of carbonyl (C=O) groups excluding carboxylic acids is 1. The van der Waals surface area contributed by atoms with E-state index in [0.29, 0.717) is 24.1 Å². The van der Waals surface area contributed by atoms with Crippen molar-refractivity contribution in [2.45, 2.75) is 148 Å². The average Bonchev–Trinajstić information content (AvgIpc) is 2.98. The van der Waals surface area contributed by atoms with Gasteiger partial charge in [-0.1, -0.05) is 109 Å². The van der Waals surface area contributed by atoms with E-state index in [0.717, 1.165) is 44.9 Å². The summed E-state index contributed by atoms with van der Waals surface area (Å²) >= 11 is 0. The standard InChI is InChI=1S/C36H70NO7P/c1-6-8-10-12-14-16-18-20-22-24-26-28-31-41-33-35(34-43-45(39,40)42-32-30-37(3,4)5)44-36(38)29-27-25-23-21-19-17-15-13-11-9-7-2/h12-15,35H,6-11,16-34H2,1-5H3/p+1/b14-12-,15-13-. The summed E-state index contributed by atoms with van der Waals surface area (Å²) in [5.41, 5.74) is 0. The number of phosphoric ester groups is 1. The first-order valence-electron chi connectivity index (χ1n) is 18.1. The van der Waals surface area contributed by atoms with Crippen LogP contribution in [0.4, 0.5) is 0 Å². The molecule has 266 valence electrons. The molecule has 0 aromatic carbocycles. The molecular weight excluding hydrogens is 589 g/mol. The van der Waals surface area contributed by atoms with Crippen LogP contribution in [-0.4, -0.2) is 75.6 Å². The van der Waals surface area contributed by atoms with Crippen LogP contribution in [0.15, 0.2) is 24.3 Å². The summed E-state index contributed by atoms with van der Waals surface area (Å²) in [5.74, 6) is -0.329. The summed E-state index contributed by atoms with van der Waals surface area (Å²) in [4.78, 5) is 22.7. The van der Waals surface area contributed by atoms with Gasteiger partial charge in [0.25, 0.3) is 0 Å². The van der Waals surface area contributed by atoms with E-state index in [9.17, 15) is 14.3 Å². The predicted octanol–water partition coefficient (Wildman–Crippen LogP) is 9.71. The fourth-order valence-electron chi connectivity index (χ4n) is 4.57. The number of ether oxygens (including phenoxy) is 2. The van der Waals surface area contributed by atoms with Crippen LogP contribution >= 0.6 is 7.82 Å². The molecule has 0 rings (SSSR count). The van der Waals surface area contributed by atoms with Gasteiger partial charge in [-0.2, -0.15) is 0 Å². The van der Waals surface area contributed by atoms with Crippen LogP contribution in [0.1, 0.15) is 142 Å². The van der Waals surface area contributed by atoms with E-state index in [1.165, 1.54) is 77.0 Å². The number of hydrogen-bond donors (Lipinski definition) is 1. The summed E-state index contributed by atoms with van der Waals surface area (Å²) in [7, 11) is 1.65. The third-order valence-corrected chi connectivity index (χ3v) is 8.47. The van der Waals surface area contributed by atoms with Gasteiger partial charge in [0.15, 0.2) is 0 Å². The van der Waals surface area contributed by atoms with Crippen molar-refractivity contribution < 1.29 is 37.3 Å². The molecule has 0 aromatic rings. The Balaban J connectivity index is 4.35. The zero-order chi connectivity index (χ0) is 33.5. The SMILES string of the molecule is CCCC/C=C\CCCCCCCCOCC(COP(=O)(O)OCC[N+](C)(C)C)OC(=O)CCCCCCC/C=C\CCCC. The van der Waals surface area contributed by atoms with E-state index < -0.39 is 13.9 Å². The molecule has 0 bridgehead atoms. The van der Waals surface area contributed by atoms with Crippen LogP contribution in [0, 0.1) is 0 Å². The van der Waals surface area contributed by atoms with E-state index in [1.54, 1.807) is 0 Å². The van der Waals surface area contributed by atoms with E-state index in [2.05, 4.69) is 38.2 Å². The van der Waals surface area contributed by atoms with Crippen LogP contribution in [0.25, 0.3) is 0 Å². The summed E-state index contributed by atoms with van der Waals surface area (Å²) in [6.45, 7) is 5.51. The molecule has 0 fully saturated rings. The second-order valence-corrected chi connectivity index (χ2v) is 14.7. The number of carbonyl (C=O) groups is 1. The number of hydrogen-bond acceptors (Lipinski definition) is 6. The number of esters is 1. The van der Waals surface area contributed by atoms with Gasteiger partial charge in [-0.15, -0.1) is 0 Å². The highest BCUT2D eigenvalue weighted by atomic mass is 31.2. The molecule has 0 aliphatic rings. The van der Waals surface area contributed by atoms with Crippen molar-refractivity contribution in [3.63, 3.8) is 0 Å². The highest BCUT2D eigenvalue weighted by Crippen LogP contribution is 2.43. The summed E-state index contributed by atoms with van der Waals surface area (Å²) in [6, 6.07) is 0. The fraction of sp³-hybridized carbons (Fsp3) is 0.861. The molecule has 0 aliphatic heterocycles. The van der Waals surface area contributed by atoms with Gasteiger partial charge in [-0.05, 0) is 51.4 Å². The second-order valence-electron chi connectivity index (χ2n) is 13.2. The van der Waals surface area contributed by atoms with Gasteiger partial charge in [0, 0.05) is 13.0 Å². The van der Waals surface area contributed by atoms with Crippen LogP contribution in [0.5, 0.6) is 0 Å². The van der Waals surface area contributed by atoms with Crippen LogP contribution in [0.2, 0.25) is 0 Å². The lowest BCUT2D eigenvalue weighted by Crippen LogP contribution is -2.37. The lowest BCUT2D eigenvalue weighted by molar-refractivity contribution is -0.870. The van der Waals surface area contributed by atoms with Gasteiger partial charge in [-0.3, -0.25) is 13.8 Å². The van der Waals surface area contributed by atoms with Crippen molar-refractivity contribution in [3.05, 3.63) is 24.3 Å². The average molecular weight is 661 g/mol. The normalized spacial score (nSPS) is 14.4. The third kappa shape index (κ3) is 34.1. The predicted molar refractivity (Wildman–Crippen MR) is 187 cm³/mol. The molecule has 0 saturated carbocycles. The zero-order valence-corrected chi connectivity index (χ0v) is 30.7. The molecule has 2 atom stereocenters. The van der Waals surface area contributed by atoms with E-state index in [4.69, 9.17) is 18.5 Å². The molecular formula is C36H71NO7P+. The van der Waals surface area contributed by atoms with Gasteiger partial charge in [0.2, 0.25) is 0 Å². The molecule has 0 radical (unpaired) electrons. The first-order valence-corrected chi connectivity index (χ1v) is 19.6. The quantitative estimate of drug-likeness (QED) is 0.0246. The van der Waals surface area contributed by atoms with Crippen molar-refractivity contribution in [2.24, 2.45) is 0 Å². The minimum absolute atomic E-state index is 0.0863. The third-order valence-electron chi connectivity index (χ3n) is 7.49. The Morgan fingerprint density at radius 1 is 0.667 bits per heavy atom. The van der Waals surface area contributed by atoms with Crippen LogP contribution in [0.3, 0.4) is 0 Å².